The normalized spacial score (nSPS) is 16.9. The average Bonchev–Trinajstić information content (AvgIpc) is 3.26. The maximum Gasteiger partial charge on any atom is 0.240 e. The van der Waals surface area contributed by atoms with Gasteiger partial charge in [0, 0.05) is 11.3 Å². The fourth-order valence-corrected chi connectivity index (χ4v) is 5.23. The second kappa shape index (κ2) is 9.23. The zero-order valence-corrected chi connectivity index (χ0v) is 20.0. The highest BCUT2D eigenvalue weighted by Gasteiger charge is 2.38. The average molecular weight is 472 g/mol. The van der Waals surface area contributed by atoms with E-state index in [4.69, 9.17) is 4.74 Å². The van der Waals surface area contributed by atoms with Crippen molar-refractivity contribution in [1.29, 1.82) is 0 Å². The number of methoxy groups -OCH3 is 1. The first-order chi connectivity index (χ1) is 16.5. The summed E-state index contributed by atoms with van der Waals surface area (Å²) in [5, 5.41) is 12.1. The summed E-state index contributed by atoms with van der Waals surface area (Å²) in [6.45, 7) is 4.04. The van der Waals surface area contributed by atoms with Crippen LogP contribution in [0.5, 0.6) is 5.75 Å². The molecule has 1 aliphatic heterocycles. The Labute approximate surface area is 202 Å². The van der Waals surface area contributed by atoms with Gasteiger partial charge in [-0.1, -0.05) is 60.3 Å². The quantitative estimate of drug-likeness (QED) is 0.428. The molecule has 0 aliphatic carbocycles. The van der Waals surface area contributed by atoms with E-state index >= 15 is 0 Å². The van der Waals surface area contributed by atoms with Crippen molar-refractivity contribution in [3.63, 3.8) is 0 Å². The van der Waals surface area contributed by atoms with E-state index in [2.05, 4.69) is 27.0 Å². The van der Waals surface area contributed by atoms with Gasteiger partial charge in [-0.25, -0.2) is 4.68 Å². The fourth-order valence-electron chi connectivity index (χ4n) is 4.15. The zero-order valence-electron chi connectivity index (χ0n) is 19.1. The SMILES string of the molecule is COc1ccc([C@@H]2Nn3c(nnc3-c3ccccc3)S[C@H]2C(=O)Nc2cc(C)cc(C)c2)cc1. The Bertz CT molecular complexity index is 1300. The molecule has 3 aromatic carbocycles. The highest BCUT2D eigenvalue weighted by molar-refractivity contribution is 8.00. The molecule has 1 aliphatic rings. The highest BCUT2D eigenvalue weighted by Crippen LogP contribution is 2.39. The first-order valence-corrected chi connectivity index (χ1v) is 11.9. The molecule has 0 unspecified atom stereocenters. The van der Waals surface area contributed by atoms with Gasteiger partial charge in [0.25, 0.3) is 0 Å². The summed E-state index contributed by atoms with van der Waals surface area (Å²) in [6, 6.07) is 23.4. The number of hydrogen-bond donors (Lipinski definition) is 2. The maximum atomic E-state index is 13.5. The Kier molecular flexibility index (Phi) is 5.98. The largest absolute Gasteiger partial charge is 0.497 e. The smallest absolute Gasteiger partial charge is 0.240 e. The second-order valence-corrected chi connectivity index (χ2v) is 9.40. The number of fused-ring (bicyclic) bond motifs is 1. The van der Waals surface area contributed by atoms with Gasteiger partial charge in [0.05, 0.1) is 13.2 Å². The fraction of sp³-hybridized carbons (Fsp3) is 0.192. The van der Waals surface area contributed by atoms with Crippen molar-refractivity contribution < 1.29 is 9.53 Å². The molecule has 0 fully saturated rings. The number of hydrogen-bond acceptors (Lipinski definition) is 6. The Morgan fingerprint density at radius 3 is 2.38 bits per heavy atom. The van der Waals surface area contributed by atoms with E-state index in [0.29, 0.717) is 11.0 Å². The van der Waals surface area contributed by atoms with E-state index in [0.717, 1.165) is 33.7 Å². The number of aromatic nitrogens is 3. The number of aryl methyl sites for hydroxylation is 2. The Hall–Kier alpha value is -3.78. The van der Waals surface area contributed by atoms with Gasteiger partial charge in [0.2, 0.25) is 11.1 Å². The van der Waals surface area contributed by atoms with Crippen LogP contribution in [0.15, 0.2) is 78.0 Å². The minimum Gasteiger partial charge on any atom is -0.497 e. The molecule has 7 nitrogen and oxygen atoms in total. The van der Waals surface area contributed by atoms with Crippen LogP contribution >= 0.6 is 11.8 Å². The molecule has 172 valence electrons. The van der Waals surface area contributed by atoms with Crippen molar-refractivity contribution in [2.75, 3.05) is 17.9 Å². The topological polar surface area (TPSA) is 81.1 Å². The van der Waals surface area contributed by atoms with Crippen LogP contribution in [0.25, 0.3) is 11.4 Å². The van der Waals surface area contributed by atoms with Crippen molar-refractivity contribution in [3.8, 4) is 17.1 Å². The van der Waals surface area contributed by atoms with Crippen molar-refractivity contribution in [3.05, 3.63) is 89.5 Å². The number of thioether (sulfide) groups is 1. The molecular formula is C26H25N5O2S. The maximum absolute atomic E-state index is 13.5. The van der Waals surface area contributed by atoms with E-state index in [1.165, 1.54) is 11.8 Å². The van der Waals surface area contributed by atoms with Crippen LogP contribution in [0, 0.1) is 13.8 Å². The Balaban J connectivity index is 1.51. The lowest BCUT2D eigenvalue weighted by Gasteiger charge is -2.33. The van der Waals surface area contributed by atoms with Crippen molar-refractivity contribution in [2.24, 2.45) is 0 Å². The molecule has 0 saturated carbocycles. The number of carbonyl (C=O) groups excluding carboxylic acids is 1. The minimum absolute atomic E-state index is 0.0983. The predicted molar refractivity (Wildman–Crippen MR) is 135 cm³/mol. The lowest BCUT2D eigenvalue weighted by atomic mass is 10.0. The third-order valence-corrected chi connectivity index (χ3v) is 6.91. The first-order valence-electron chi connectivity index (χ1n) is 11.0. The van der Waals surface area contributed by atoms with Crippen molar-refractivity contribution in [2.45, 2.75) is 30.3 Å². The Morgan fingerprint density at radius 1 is 1.00 bits per heavy atom. The van der Waals surface area contributed by atoms with Crippen molar-refractivity contribution in [1.82, 2.24) is 14.9 Å². The molecule has 1 aromatic heterocycles. The Morgan fingerprint density at radius 2 is 1.71 bits per heavy atom. The molecule has 5 rings (SSSR count). The van der Waals surface area contributed by atoms with Gasteiger partial charge in [-0.05, 0) is 54.8 Å². The summed E-state index contributed by atoms with van der Waals surface area (Å²) in [7, 11) is 1.64. The molecule has 0 spiro atoms. The van der Waals surface area contributed by atoms with Gasteiger partial charge in [0.1, 0.15) is 11.0 Å². The molecule has 0 bridgehead atoms. The van der Waals surface area contributed by atoms with Crippen LogP contribution in [0.2, 0.25) is 0 Å². The molecule has 2 heterocycles. The number of ether oxygens (including phenoxy) is 1. The van der Waals surface area contributed by atoms with E-state index in [1.807, 2.05) is 85.3 Å². The zero-order chi connectivity index (χ0) is 23.7. The van der Waals surface area contributed by atoms with E-state index < -0.39 is 5.25 Å². The second-order valence-electron chi connectivity index (χ2n) is 8.29. The molecule has 0 saturated heterocycles. The number of amides is 1. The molecule has 1 amide bonds. The number of rotatable bonds is 5. The summed E-state index contributed by atoms with van der Waals surface area (Å²) < 4.78 is 7.19. The third-order valence-electron chi connectivity index (χ3n) is 5.69. The van der Waals surface area contributed by atoms with Crippen LogP contribution in [0.4, 0.5) is 5.69 Å². The number of carbonyl (C=O) groups is 1. The van der Waals surface area contributed by atoms with Crippen LogP contribution < -0.4 is 15.5 Å². The molecule has 2 N–H and O–H groups in total. The minimum atomic E-state index is -0.463. The lowest BCUT2D eigenvalue weighted by molar-refractivity contribution is -0.116. The first kappa shape index (κ1) is 22.0. The number of benzene rings is 3. The number of anilines is 1. The van der Waals surface area contributed by atoms with Gasteiger partial charge in [-0.3, -0.25) is 4.79 Å². The lowest BCUT2D eigenvalue weighted by Crippen LogP contribution is -2.41. The highest BCUT2D eigenvalue weighted by atomic mass is 32.2. The summed E-state index contributed by atoms with van der Waals surface area (Å²) in [6.07, 6.45) is 0. The van der Waals surface area contributed by atoms with Crippen LogP contribution in [0.1, 0.15) is 22.7 Å². The summed E-state index contributed by atoms with van der Waals surface area (Å²) >= 11 is 1.40. The van der Waals surface area contributed by atoms with E-state index in [1.54, 1.807) is 7.11 Å². The van der Waals surface area contributed by atoms with Gasteiger partial charge in [-0.2, -0.15) is 0 Å². The molecule has 2 atom stereocenters. The van der Waals surface area contributed by atoms with Crippen LogP contribution in [0.3, 0.4) is 0 Å². The predicted octanol–water partition coefficient (Wildman–Crippen LogP) is 4.97. The molecule has 0 radical (unpaired) electrons. The number of nitrogens with zero attached hydrogens (tertiary/aromatic N) is 3. The van der Waals surface area contributed by atoms with Gasteiger partial charge in [-0.15, -0.1) is 10.2 Å². The van der Waals surface area contributed by atoms with Crippen LogP contribution in [-0.2, 0) is 4.79 Å². The molecule has 34 heavy (non-hydrogen) atoms. The van der Waals surface area contributed by atoms with Crippen molar-refractivity contribution >= 4 is 23.4 Å². The summed E-state index contributed by atoms with van der Waals surface area (Å²) in [5.41, 5.74) is 8.40. The third kappa shape index (κ3) is 4.36. The summed E-state index contributed by atoms with van der Waals surface area (Å²) in [4.78, 5) is 13.5. The molecular weight excluding hydrogens is 446 g/mol. The molecule has 8 heteroatoms. The standard InChI is InChI=1S/C26H25N5O2S/c1-16-13-17(2)15-20(14-16)27-25(32)23-22(18-9-11-21(33-3)12-10-18)30-31-24(28-29-26(31)34-23)19-7-5-4-6-8-19/h4-15,22-23,30H,1-3H3,(H,27,32)/t22-,23+/m0/s1. The summed E-state index contributed by atoms with van der Waals surface area (Å²) in [5.74, 6) is 1.37. The van der Waals surface area contributed by atoms with E-state index in [9.17, 15) is 4.79 Å². The van der Waals surface area contributed by atoms with Gasteiger partial charge < -0.3 is 15.5 Å². The van der Waals surface area contributed by atoms with Gasteiger partial charge >= 0.3 is 0 Å². The van der Waals surface area contributed by atoms with Gasteiger partial charge in [0.15, 0.2) is 5.82 Å². The van der Waals surface area contributed by atoms with E-state index in [-0.39, 0.29) is 11.9 Å². The number of nitrogens with one attached hydrogen (secondary N) is 2. The monoisotopic (exact) mass is 471 g/mol. The van der Waals surface area contributed by atoms with Crippen LogP contribution in [-0.4, -0.2) is 33.1 Å². The molecule has 4 aromatic rings.